The highest BCUT2D eigenvalue weighted by atomic mass is 16.2. The van der Waals surface area contributed by atoms with Crippen molar-refractivity contribution in [2.75, 3.05) is 32.9 Å². The van der Waals surface area contributed by atoms with Crippen molar-refractivity contribution in [3.63, 3.8) is 0 Å². The van der Waals surface area contributed by atoms with Crippen LogP contribution < -0.4 is 5.73 Å². The summed E-state index contributed by atoms with van der Waals surface area (Å²) in [6, 6.07) is 5.71. The molecular formula is C19H29N5O. The molecular weight excluding hydrogens is 314 g/mol. The Morgan fingerprint density at radius 1 is 1.32 bits per heavy atom. The molecule has 0 atom stereocenters. The molecule has 0 heterocycles. The van der Waals surface area contributed by atoms with Crippen LogP contribution in [0.1, 0.15) is 44.2 Å². The van der Waals surface area contributed by atoms with Gasteiger partial charge in [-0.15, -0.1) is 0 Å². The van der Waals surface area contributed by atoms with Gasteiger partial charge >= 0.3 is 0 Å². The molecule has 1 saturated carbocycles. The van der Waals surface area contributed by atoms with E-state index in [1.807, 2.05) is 24.9 Å². The van der Waals surface area contributed by atoms with E-state index in [4.69, 9.17) is 11.1 Å². The van der Waals surface area contributed by atoms with Crippen LogP contribution in [-0.4, -0.2) is 60.5 Å². The first-order valence-electron chi connectivity index (χ1n) is 8.92. The Bertz CT molecular complexity index is 678. The Balaban J connectivity index is 2.25. The number of likely N-dealkylation sites (N-methyl/N-ethyl adjacent to an activating group) is 1. The van der Waals surface area contributed by atoms with Crippen molar-refractivity contribution < 1.29 is 4.79 Å². The molecule has 0 bridgehead atoms. The van der Waals surface area contributed by atoms with Gasteiger partial charge in [0.25, 0.3) is 5.91 Å². The summed E-state index contributed by atoms with van der Waals surface area (Å²) in [6.45, 7) is 5.46. The van der Waals surface area contributed by atoms with E-state index in [-0.39, 0.29) is 17.7 Å². The molecule has 136 valence electrons. The van der Waals surface area contributed by atoms with Crippen LogP contribution in [-0.2, 0) is 4.79 Å². The monoisotopic (exact) mass is 343 g/mol. The first-order chi connectivity index (χ1) is 11.9. The van der Waals surface area contributed by atoms with Crippen molar-refractivity contribution >= 4 is 23.1 Å². The van der Waals surface area contributed by atoms with E-state index in [9.17, 15) is 4.79 Å². The van der Waals surface area contributed by atoms with E-state index in [1.165, 1.54) is 0 Å². The highest BCUT2D eigenvalue weighted by Crippen LogP contribution is 2.26. The predicted molar refractivity (Wildman–Crippen MR) is 103 cm³/mol. The lowest BCUT2D eigenvalue weighted by atomic mass is 9.90. The van der Waals surface area contributed by atoms with Crippen LogP contribution in [0.5, 0.6) is 0 Å². The maximum Gasteiger partial charge on any atom is 0.272 e. The molecule has 0 aliphatic heterocycles. The van der Waals surface area contributed by atoms with Crippen molar-refractivity contribution in [1.29, 1.82) is 5.41 Å². The van der Waals surface area contributed by atoms with Crippen LogP contribution >= 0.6 is 0 Å². The van der Waals surface area contributed by atoms with Gasteiger partial charge in [-0.1, -0.05) is 6.07 Å². The number of amidine groups is 1. The fourth-order valence-electron chi connectivity index (χ4n) is 3.12. The van der Waals surface area contributed by atoms with Gasteiger partial charge in [-0.3, -0.25) is 15.2 Å². The summed E-state index contributed by atoms with van der Waals surface area (Å²) in [5.74, 6) is 0.602. The highest BCUT2D eigenvalue weighted by molar-refractivity contribution is 6.45. The van der Waals surface area contributed by atoms with E-state index in [0.29, 0.717) is 17.8 Å². The Hall–Kier alpha value is -2.37. The number of nitrogens with one attached hydrogen (secondary N) is 1. The third kappa shape index (κ3) is 3.83. The van der Waals surface area contributed by atoms with Gasteiger partial charge in [0.05, 0.1) is 0 Å². The molecule has 0 spiro atoms. The molecule has 0 aromatic heterocycles. The molecule has 25 heavy (non-hydrogen) atoms. The minimum Gasteiger partial charge on any atom is -0.398 e. The summed E-state index contributed by atoms with van der Waals surface area (Å²) in [5.41, 5.74) is 7.95. The van der Waals surface area contributed by atoms with Gasteiger partial charge in [0.1, 0.15) is 11.5 Å². The minimum absolute atomic E-state index is 0.0309. The molecule has 1 aliphatic rings. The Labute approximate surface area is 150 Å². The molecule has 6 heteroatoms. The van der Waals surface area contributed by atoms with E-state index in [1.54, 1.807) is 24.1 Å². The zero-order valence-electron chi connectivity index (χ0n) is 15.7. The second-order valence-corrected chi connectivity index (χ2v) is 6.41. The molecule has 1 fully saturated rings. The number of amides is 1. The van der Waals surface area contributed by atoms with Gasteiger partial charge in [-0.2, -0.15) is 0 Å². The van der Waals surface area contributed by atoms with Crippen LogP contribution in [0, 0.1) is 5.41 Å². The highest BCUT2D eigenvalue weighted by Gasteiger charge is 2.30. The topological polar surface area (TPSA) is 85.8 Å². The fourth-order valence-corrected chi connectivity index (χ4v) is 3.12. The molecule has 3 N–H and O–H groups in total. The maximum absolute atomic E-state index is 12.7. The van der Waals surface area contributed by atoms with Crippen molar-refractivity contribution in [2.45, 2.75) is 39.2 Å². The van der Waals surface area contributed by atoms with Crippen LogP contribution in [0.2, 0.25) is 0 Å². The number of benzene rings is 1. The maximum atomic E-state index is 12.7. The zero-order valence-corrected chi connectivity index (χ0v) is 15.7. The Morgan fingerprint density at radius 2 is 2.00 bits per heavy atom. The van der Waals surface area contributed by atoms with Gasteiger partial charge in [0.15, 0.2) is 0 Å². The number of aliphatic imine (C=N–C) groups is 1. The van der Waals surface area contributed by atoms with Crippen LogP contribution in [0.4, 0.5) is 5.69 Å². The van der Waals surface area contributed by atoms with E-state index in [2.05, 4.69) is 11.9 Å². The molecule has 2 rings (SSSR count). The van der Waals surface area contributed by atoms with E-state index >= 15 is 0 Å². The summed E-state index contributed by atoms with van der Waals surface area (Å²) < 4.78 is 0. The summed E-state index contributed by atoms with van der Waals surface area (Å²) in [4.78, 5) is 20.8. The van der Waals surface area contributed by atoms with Crippen LogP contribution in [0.25, 0.3) is 0 Å². The molecule has 1 aromatic carbocycles. The number of hydrogen-bond donors (Lipinski definition) is 2. The lowest BCUT2D eigenvalue weighted by Crippen LogP contribution is -2.47. The van der Waals surface area contributed by atoms with Gasteiger partial charge < -0.3 is 15.5 Å². The van der Waals surface area contributed by atoms with E-state index < -0.39 is 0 Å². The normalized spacial score (nSPS) is 14.8. The lowest BCUT2D eigenvalue weighted by Gasteiger charge is -2.37. The first kappa shape index (κ1) is 19.0. The Morgan fingerprint density at radius 3 is 2.44 bits per heavy atom. The average Bonchev–Trinajstić information content (AvgIpc) is 2.57. The number of hydrogen-bond acceptors (Lipinski definition) is 4. The summed E-state index contributed by atoms with van der Waals surface area (Å²) in [6.07, 6.45) is 3.21. The Kier molecular flexibility index (Phi) is 6.17. The SMILES string of the molecule is CCN(C)C(=NC)c1ccc(C(=N)C(=O)N(CC)C2CCC2)c(N)c1. The molecule has 1 aromatic rings. The van der Waals surface area contributed by atoms with E-state index in [0.717, 1.165) is 37.2 Å². The van der Waals surface area contributed by atoms with Crippen LogP contribution in [0.3, 0.4) is 0 Å². The summed E-state index contributed by atoms with van der Waals surface area (Å²) in [5, 5.41) is 8.33. The second kappa shape index (κ2) is 8.14. The van der Waals surface area contributed by atoms with Gasteiger partial charge in [0, 0.05) is 50.0 Å². The van der Waals surface area contributed by atoms with Crippen molar-refractivity contribution in [2.24, 2.45) is 4.99 Å². The van der Waals surface area contributed by atoms with Crippen molar-refractivity contribution in [3.8, 4) is 0 Å². The van der Waals surface area contributed by atoms with Gasteiger partial charge in [-0.05, 0) is 45.2 Å². The molecule has 6 nitrogen and oxygen atoms in total. The average molecular weight is 343 g/mol. The third-order valence-electron chi connectivity index (χ3n) is 4.96. The third-order valence-corrected chi connectivity index (χ3v) is 4.96. The number of anilines is 1. The molecule has 0 saturated heterocycles. The van der Waals surface area contributed by atoms with Crippen molar-refractivity contribution in [1.82, 2.24) is 9.80 Å². The largest absolute Gasteiger partial charge is 0.398 e. The quantitative estimate of drug-likeness (QED) is 0.472. The number of carbonyl (C=O) groups excluding carboxylic acids is 1. The molecule has 0 unspecified atom stereocenters. The fraction of sp³-hybridized carbons (Fsp3) is 0.526. The number of nitrogen functional groups attached to an aromatic ring is 1. The standard InChI is InChI=1S/C19H29N5O/c1-5-23(4)18(22-3)13-10-11-15(16(20)12-13)17(21)19(25)24(6-2)14-8-7-9-14/h10-12,14,21H,5-9,20H2,1-4H3. The second-order valence-electron chi connectivity index (χ2n) is 6.41. The van der Waals surface area contributed by atoms with Crippen LogP contribution in [0.15, 0.2) is 23.2 Å². The van der Waals surface area contributed by atoms with Gasteiger partial charge in [0.2, 0.25) is 0 Å². The number of nitrogens with zero attached hydrogens (tertiary/aromatic N) is 3. The lowest BCUT2D eigenvalue weighted by molar-refractivity contribution is -0.127. The smallest absolute Gasteiger partial charge is 0.272 e. The van der Waals surface area contributed by atoms with Crippen molar-refractivity contribution in [3.05, 3.63) is 29.3 Å². The number of carbonyl (C=O) groups is 1. The summed E-state index contributed by atoms with van der Waals surface area (Å²) >= 11 is 0. The zero-order chi connectivity index (χ0) is 18.6. The molecule has 1 amide bonds. The number of rotatable bonds is 6. The summed E-state index contributed by atoms with van der Waals surface area (Å²) in [7, 11) is 3.71. The number of nitrogens with two attached hydrogens (primary N) is 1. The minimum atomic E-state index is -0.235. The molecule has 0 radical (unpaired) electrons. The van der Waals surface area contributed by atoms with Gasteiger partial charge in [-0.25, -0.2) is 0 Å². The predicted octanol–water partition coefficient (Wildman–Crippen LogP) is 2.37. The first-order valence-corrected chi connectivity index (χ1v) is 8.92. The molecule has 1 aliphatic carbocycles.